The predicted octanol–water partition coefficient (Wildman–Crippen LogP) is 2.78. The molecule has 9 heteroatoms. The molecule has 0 saturated carbocycles. The minimum absolute atomic E-state index is 0.167. The van der Waals surface area contributed by atoms with Crippen molar-refractivity contribution in [1.82, 2.24) is 25.4 Å². The van der Waals surface area contributed by atoms with Crippen LogP contribution in [0.3, 0.4) is 0 Å². The molecular weight excluding hydrogens is 340 g/mol. The largest absolute Gasteiger partial charge is 0.360 e. The number of carbonyl (C=O) groups excluding carboxylic acids is 1. The van der Waals surface area contributed by atoms with E-state index in [2.05, 4.69) is 26.0 Å². The number of anilines is 1. The summed E-state index contributed by atoms with van der Waals surface area (Å²) in [7, 11) is 0. The first-order valence-electron chi connectivity index (χ1n) is 7.83. The summed E-state index contributed by atoms with van der Waals surface area (Å²) in [6, 6.07) is 9.53. The molecule has 0 spiro atoms. The van der Waals surface area contributed by atoms with E-state index in [1.807, 2.05) is 38.1 Å². The predicted molar refractivity (Wildman–Crippen MR) is 93.7 cm³/mol. The molecule has 1 unspecified atom stereocenters. The van der Waals surface area contributed by atoms with Gasteiger partial charge < -0.3 is 9.84 Å². The van der Waals surface area contributed by atoms with Gasteiger partial charge in [-0.25, -0.2) is 0 Å². The van der Waals surface area contributed by atoms with Gasteiger partial charge in [0, 0.05) is 6.07 Å². The molecule has 0 saturated heterocycles. The molecule has 3 rings (SSSR count). The molecule has 0 radical (unpaired) electrons. The highest BCUT2D eigenvalue weighted by atomic mass is 32.2. The van der Waals surface area contributed by atoms with Crippen molar-refractivity contribution >= 4 is 23.5 Å². The average Bonchev–Trinajstić information content (AvgIpc) is 3.22. The molecular formula is C16H18N6O2S. The van der Waals surface area contributed by atoms with E-state index in [9.17, 15) is 4.79 Å². The molecule has 3 aromatic rings. The third kappa shape index (κ3) is 4.05. The Balaban J connectivity index is 1.75. The second-order valence-electron chi connectivity index (χ2n) is 5.54. The first kappa shape index (κ1) is 17.2. The number of aryl methyl sites for hydroxylation is 2. The van der Waals surface area contributed by atoms with E-state index in [4.69, 9.17) is 4.52 Å². The lowest BCUT2D eigenvalue weighted by Gasteiger charge is -2.13. The Morgan fingerprint density at radius 2 is 2.08 bits per heavy atom. The molecule has 0 aliphatic heterocycles. The number of thioether (sulfide) groups is 1. The topological polar surface area (TPSA) is 98.7 Å². The standard InChI is InChI=1S/C16H18N6O2S/c1-4-13(15(23)17-14-9-11(3)24-19-14)25-16-18-20-21-22(16)12-7-5-10(2)6-8-12/h5-9,13H,4H2,1-3H3,(H,17,19,23). The minimum atomic E-state index is -0.354. The van der Waals surface area contributed by atoms with Crippen molar-refractivity contribution in [3.63, 3.8) is 0 Å². The number of benzene rings is 1. The second kappa shape index (κ2) is 7.47. The lowest BCUT2D eigenvalue weighted by atomic mass is 10.2. The molecule has 1 amide bonds. The average molecular weight is 358 g/mol. The summed E-state index contributed by atoms with van der Waals surface area (Å²) in [6.45, 7) is 5.72. The third-order valence-corrected chi connectivity index (χ3v) is 4.81. The summed E-state index contributed by atoms with van der Waals surface area (Å²) in [4.78, 5) is 12.5. The molecule has 0 aliphatic carbocycles. The van der Waals surface area contributed by atoms with Crippen LogP contribution in [0.5, 0.6) is 0 Å². The normalized spacial score (nSPS) is 12.1. The van der Waals surface area contributed by atoms with Crippen LogP contribution in [0.25, 0.3) is 5.69 Å². The van der Waals surface area contributed by atoms with Gasteiger partial charge in [-0.05, 0) is 42.8 Å². The zero-order valence-corrected chi connectivity index (χ0v) is 14.9. The summed E-state index contributed by atoms with van der Waals surface area (Å²) in [5.74, 6) is 0.873. The van der Waals surface area contributed by atoms with Gasteiger partial charge in [-0.3, -0.25) is 4.79 Å². The van der Waals surface area contributed by atoms with Crippen LogP contribution in [-0.2, 0) is 4.79 Å². The van der Waals surface area contributed by atoms with Crippen molar-refractivity contribution in [1.29, 1.82) is 0 Å². The van der Waals surface area contributed by atoms with E-state index >= 15 is 0 Å². The van der Waals surface area contributed by atoms with Crippen LogP contribution in [0.1, 0.15) is 24.7 Å². The fourth-order valence-corrected chi connectivity index (χ4v) is 3.09. The van der Waals surface area contributed by atoms with E-state index in [1.54, 1.807) is 17.7 Å². The number of amides is 1. The number of nitrogens with zero attached hydrogens (tertiary/aromatic N) is 5. The maximum Gasteiger partial charge on any atom is 0.239 e. The highest BCUT2D eigenvalue weighted by molar-refractivity contribution is 8.00. The number of aromatic nitrogens is 5. The smallest absolute Gasteiger partial charge is 0.239 e. The molecule has 0 bridgehead atoms. The Bertz CT molecular complexity index is 858. The van der Waals surface area contributed by atoms with Crippen molar-refractivity contribution < 1.29 is 9.32 Å². The Morgan fingerprint density at radius 3 is 2.72 bits per heavy atom. The summed E-state index contributed by atoms with van der Waals surface area (Å²) in [5, 5.41) is 18.5. The van der Waals surface area contributed by atoms with Crippen molar-refractivity contribution in [2.24, 2.45) is 0 Å². The number of nitrogens with one attached hydrogen (secondary N) is 1. The summed E-state index contributed by atoms with van der Waals surface area (Å²) in [5.41, 5.74) is 2.00. The fourth-order valence-electron chi connectivity index (χ4n) is 2.18. The van der Waals surface area contributed by atoms with Gasteiger partial charge in [0.2, 0.25) is 11.1 Å². The second-order valence-corrected chi connectivity index (χ2v) is 6.71. The van der Waals surface area contributed by atoms with E-state index in [0.717, 1.165) is 11.3 Å². The van der Waals surface area contributed by atoms with Crippen LogP contribution >= 0.6 is 11.8 Å². The molecule has 1 N–H and O–H groups in total. The van der Waals surface area contributed by atoms with Gasteiger partial charge in [0.1, 0.15) is 5.76 Å². The van der Waals surface area contributed by atoms with Crippen molar-refractivity contribution in [2.75, 3.05) is 5.32 Å². The number of rotatable bonds is 6. The van der Waals surface area contributed by atoms with E-state index in [-0.39, 0.29) is 11.2 Å². The van der Waals surface area contributed by atoms with Crippen LogP contribution in [0.4, 0.5) is 5.82 Å². The van der Waals surface area contributed by atoms with Gasteiger partial charge in [0.05, 0.1) is 10.9 Å². The number of carbonyl (C=O) groups is 1. The van der Waals surface area contributed by atoms with Crippen LogP contribution in [0, 0.1) is 13.8 Å². The van der Waals surface area contributed by atoms with Crippen molar-refractivity contribution in [2.45, 2.75) is 37.6 Å². The van der Waals surface area contributed by atoms with Gasteiger partial charge >= 0.3 is 0 Å². The molecule has 2 aromatic heterocycles. The highest BCUT2D eigenvalue weighted by Gasteiger charge is 2.23. The van der Waals surface area contributed by atoms with E-state index in [1.165, 1.54) is 11.8 Å². The number of tetrazole rings is 1. The molecule has 25 heavy (non-hydrogen) atoms. The molecule has 2 heterocycles. The van der Waals surface area contributed by atoms with Gasteiger partial charge in [-0.15, -0.1) is 5.10 Å². The van der Waals surface area contributed by atoms with Gasteiger partial charge in [-0.2, -0.15) is 4.68 Å². The van der Waals surface area contributed by atoms with Crippen LogP contribution < -0.4 is 5.32 Å². The Hall–Kier alpha value is -2.68. The first-order valence-corrected chi connectivity index (χ1v) is 8.71. The van der Waals surface area contributed by atoms with Gasteiger partial charge in [-0.1, -0.05) is 41.5 Å². The monoisotopic (exact) mass is 358 g/mol. The highest BCUT2D eigenvalue weighted by Crippen LogP contribution is 2.26. The molecule has 0 fully saturated rings. The van der Waals surface area contributed by atoms with Crippen LogP contribution in [0.2, 0.25) is 0 Å². The Morgan fingerprint density at radius 1 is 1.32 bits per heavy atom. The van der Waals surface area contributed by atoms with Gasteiger partial charge in [0.15, 0.2) is 5.82 Å². The third-order valence-electron chi connectivity index (χ3n) is 3.51. The zero-order chi connectivity index (χ0) is 17.8. The summed E-state index contributed by atoms with van der Waals surface area (Å²) >= 11 is 1.31. The fraction of sp³-hybridized carbons (Fsp3) is 0.312. The number of hydrogen-bond acceptors (Lipinski definition) is 7. The first-order chi connectivity index (χ1) is 12.1. The lowest BCUT2D eigenvalue weighted by Crippen LogP contribution is -2.25. The zero-order valence-electron chi connectivity index (χ0n) is 14.1. The Kier molecular flexibility index (Phi) is 5.13. The maximum atomic E-state index is 12.5. The Labute approximate surface area is 149 Å². The van der Waals surface area contributed by atoms with Crippen molar-refractivity contribution in [3.8, 4) is 5.69 Å². The van der Waals surface area contributed by atoms with Crippen molar-refractivity contribution in [3.05, 3.63) is 41.7 Å². The van der Waals surface area contributed by atoms with Crippen LogP contribution in [0.15, 0.2) is 40.0 Å². The maximum absolute atomic E-state index is 12.5. The quantitative estimate of drug-likeness (QED) is 0.676. The molecule has 1 atom stereocenters. The lowest BCUT2D eigenvalue weighted by molar-refractivity contribution is -0.115. The molecule has 0 aliphatic rings. The SMILES string of the molecule is CCC(Sc1nnnn1-c1ccc(C)cc1)C(=O)Nc1cc(C)on1. The molecule has 130 valence electrons. The van der Waals surface area contributed by atoms with Crippen LogP contribution in [-0.4, -0.2) is 36.5 Å². The molecule has 1 aromatic carbocycles. The van der Waals surface area contributed by atoms with E-state index in [0.29, 0.717) is 23.2 Å². The summed E-state index contributed by atoms with van der Waals surface area (Å²) < 4.78 is 6.59. The minimum Gasteiger partial charge on any atom is -0.360 e. The van der Waals surface area contributed by atoms with E-state index < -0.39 is 0 Å². The summed E-state index contributed by atoms with van der Waals surface area (Å²) in [6.07, 6.45) is 0.619. The molecule has 8 nitrogen and oxygen atoms in total. The number of hydrogen-bond donors (Lipinski definition) is 1. The van der Waals surface area contributed by atoms with Gasteiger partial charge in [0.25, 0.3) is 0 Å².